The van der Waals surface area contributed by atoms with Crippen LogP contribution in [0.3, 0.4) is 0 Å². The van der Waals surface area contributed by atoms with Crippen LogP contribution in [0.4, 0.5) is 0 Å². The number of thiophene rings is 1. The summed E-state index contributed by atoms with van der Waals surface area (Å²) in [4.78, 5) is 5.31. The normalized spacial score (nSPS) is 21.9. The molecule has 2 aromatic rings. The number of nitrogens with zero attached hydrogens (tertiary/aromatic N) is 2. The van der Waals surface area contributed by atoms with Crippen molar-refractivity contribution in [1.82, 2.24) is 9.29 Å². The highest BCUT2D eigenvalue weighted by atomic mass is 32.2. The van der Waals surface area contributed by atoms with Crippen LogP contribution in [0.15, 0.2) is 21.7 Å². The first-order valence-corrected chi connectivity index (χ1v) is 11.3. The number of piperidine rings is 1. The smallest absolute Gasteiger partial charge is 0.252 e. The summed E-state index contributed by atoms with van der Waals surface area (Å²) in [5, 5.41) is 13.2. The molecule has 2 aliphatic rings. The predicted octanol–water partition coefficient (Wildman–Crippen LogP) is 3.11. The molecule has 2 fully saturated rings. The van der Waals surface area contributed by atoms with Gasteiger partial charge in [0.15, 0.2) is 0 Å². The number of sulfonamides is 1. The second-order valence-electron chi connectivity index (χ2n) is 6.65. The molecule has 130 valence electrons. The van der Waals surface area contributed by atoms with Gasteiger partial charge in [-0.25, -0.2) is 13.4 Å². The van der Waals surface area contributed by atoms with E-state index >= 15 is 0 Å². The van der Waals surface area contributed by atoms with E-state index in [4.69, 9.17) is 0 Å². The monoisotopic (exact) mass is 384 g/mol. The zero-order chi connectivity index (χ0) is 16.9. The van der Waals surface area contributed by atoms with Gasteiger partial charge in [0.2, 0.25) is 0 Å². The third-order valence-corrected chi connectivity index (χ3v) is 9.27. The van der Waals surface area contributed by atoms with E-state index < -0.39 is 15.6 Å². The molecule has 1 aliphatic carbocycles. The third-order valence-electron chi connectivity index (χ3n) is 5.02. The summed E-state index contributed by atoms with van der Waals surface area (Å²) in [6, 6.07) is 3.52. The third kappa shape index (κ3) is 2.94. The summed E-state index contributed by atoms with van der Waals surface area (Å²) < 4.78 is 27.7. The second kappa shape index (κ2) is 5.88. The van der Waals surface area contributed by atoms with Crippen molar-refractivity contribution in [2.45, 2.75) is 42.4 Å². The fraction of sp³-hybridized carbons (Fsp3) is 0.562. The highest BCUT2D eigenvalue weighted by molar-refractivity contribution is 7.91. The van der Waals surface area contributed by atoms with Gasteiger partial charge in [0, 0.05) is 18.5 Å². The molecule has 3 heterocycles. The minimum absolute atomic E-state index is 0.251. The SMILES string of the molecule is Cc1nc(-c2ccc(S(=O)(=O)N3CCC(C4(O)CC4)CC3)s2)cs1. The van der Waals surface area contributed by atoms with Crippen LogP contribution in [-0.4, -0.2) is 41.5 Å². The first-order valence-electron chi connectivity index (χ1n) is 8.13. The molecule has 1 saturated carbocycles. The number of hydrogen-bond donors (Lipinski definition) is 1. The van der Waals surface area contributed by atoms with Crippen LogP contribution >= 0.6 is 22.7 Å². The Morgan fingerprint density at radius 3 is 2.58 bits per heavy atom. The van der Waals surface area contributed by atoms with Gasteiger partial charge in [-0.15, -0.1) is 22.7 Å². The fourth-order valence-electron chi connectivity index (χ4n) is 3.37. The van der Waals surface area contributed by atoms with Crippen molar-refractivity contribution in [3.8, 4) is 10.6 Å². The molecule has 4 rings (SSSR count). The van der Waals surface area contributed by atoms with Crippen LogP contribution in [0.25, 0.3) is 10.6 Å². The van der Waals surface area contributed by atoms with Gasteiger partial charge in [-0.1, -0.05) is 0 Å². The van der Waals surface area contributed by atoms with Gasteiger partial charge in [0.25, 0.3) is 10.0 Å². The minimum atomic E-state index is -3.45. The molecule has 0 unspecified atom stereocenters. The topological polar surface area (TPSA) is 70.5 Å². The average Bonchev–Trinajstić information content (AvgIpc) is 2.99. The van der Waals surface area contributed by atoms with Crippen molar-refractivity contribution in [2.75, 3.05) is 13.1 Å². The zero-order valence-electron chi connectivity index (χ0n) is 13.4. The lowest BCUT2D eigenvalue weighted by atomic mass is 9.90. The highest BCUT2D eigenvalue weighted by Crippen LogP contribution is 2.47. The van der Waals surface area contributed by atoms with E-state index in [1.54, 1.807) is 21.7 Å². The highest BCUT2D eigenvalue weighted by Gasteiger charge is 2.49. The van der Waals surface area contributed by atoms with Gasteiger partial charge >= 0.3 is 0 Å². The molecule has 1 N–H and O–H groups in total. The number of thiazole rings is 1. The van der Waals surface area contributed by atoms with Crippen LogP contribution in [0, 0.1) is 12.8 Å². The lowest BCUT2D eigenvalue weighted by Gasteiger charge is -2.33. The molecule has 24 heavy (non-hydrogen) atoms. The lowest BCUT2D eigenvalue weighted by molar-refractivity contribution is 0.0535. The van der Waals surface area contributed by atoms with Crippen LogP contribution in [0.2, 0.25) is 0 Å². The van der Waals surface area contributed by atoms with Gasteiger partial charge in [-0.3, -0.25) is 0 Å². The maximum atomic E-state index is 12.9. The minimum Gasteiger partial charge on any atom is -0.390 e. The molecular weight excluding hydrogens is 364 g/mol. The molecule has 2 aromatic heterocycles. The lowest BCUT2D eigenvalue weighted by Crippen LogP contribution is -2.41. The number of aromatic nitrogens is 1. The Labute approximate surface area is 150 Å². The number of hydrogen-bond acceptors (Lipinski definition) is 6. The standard InChI is InChI=1S/C16H20N2O3S3/c1-11-17-13(10-22-11)14-2-3-15(23-14)24(20,21)18-8-4-12(5-9-18)16(19)6-7-16/h2-3,10,12,19H,4-9H2,1H3. The molecule has 5 nitrogen and oxygen atoms in total. The van der Waals surface area contributed by atoms with Crippen LogP contribution < -0.4 is 0 Å². The number of aliphatic hydroxyl groups is 1. The van der Waals surface area contributed by atoms with E-state index in [0.717, 1.165) is 41.3 Å². The molecular formula is C16H20N2O3S3. The van der Waals surface area contributed by atoms with Crippen molar-refractivity contribution < 1.29 is 13.5 Å². The van der Waals surface area contributed by atoms with Gasteiger partial charge in [-0.05, 0) is 50.7 Å². The van der Waals surface area contributed by atoms with E-state index in [2.05, 4.69) is 4.98 Å². The molecule has 0 spiro atoms. The molecule has 0 aromatic carbocycles. The summed E-state index contributed by atoms with van der Waals surface area (Å²) in [5.41, 5.74) is 0.340. The Kier molecular flexibility index (Phi) is 4.08. The van der Waals surface area contributed by atoms with Crippen molar-refractivity contribution in [3.63, 3.8) is 0 Å². The second-order valence-corrected chi connectivity index (χ2v) is 11.0. The van der Waals surface area contributed by atoms with Gasteiger partial charge in [-0.2, -0.15) is 4.31 Å². The molecule has 1 aliphatic heterocycles. The summed E-state index contributed by atoms with van der Waals surface area (Å²) in [6.45, 7) is 2.94. The maximum Gasteiger partial charge on any atom is 0.252 e. The summed E-state index contributed by atoms with van der Waals surface area (Å²) in [6.07, 6.45) is 3.23. The van der Waals surface area contributed by atoms with Crippen molar-refractivity contribution in [1.29, 1.82) is 0 Å². The first-order chi connectivity index (χ1) is 11.4. The van der Waals surface area contributed by atoms with E-state index in [-0.39, 0.29) is 5.92 Å². The largest absolute Gasteiger partial charge is 0.390 e. The van der Waals surface area contributed by atoms with Crippen LogP contribution in [-0.2, 0) is 10.0 Å². The molecule has 0 radical (unpaired) electrons. The Balaban J connectivity index is 1.50. The van der Waals surface area contributed by atoms with Crippen molar-refractivity contribution >= 4 is 32.7 Å². The first kappa shape index (κ1) is 16.7. The molecule has 0 atom stereocenters. The Bertz CT molecular complexity index is 844. The zero-order valence-corrected chi connectivity index (χ0v) is 15.9. The Hall–Kier alpha value is -0.800. The summed E-state index contributed by atoms with van der Waals surface area (Å²) >= 11 is 2.85. The predicted molar refractivity (Wildman–Crippen MR) is 95.8 cm³/mol. The van der Waals surface area contributed by atoms with Crippen LogP contribution in [0.5, 0.6) is 0 Å². The molecule has 8 heteroatoms. The van der Waals surface area contributed by atoms with E-state index in [1.165, 1.54) is 11.3 Å². The van der Waals surface area contributed by atoms with Crippen molar-refractivity contribution in [3.05, 3.63) is 22.5 Å². The van der Waals surface area contributed by atoms with Gasteiger partial charge in [0.05, 0.1) is 21.2 Å². The van der Waals surface area contributed by atoms with E-state index in [9.17, 15) is 13.5 Å². The van der Waals surface area contributed by atoms with E-state index in [1.807, 2.05) is 18.4 Å². The molecule has 0 bridgehead atoms. The number of rotatable bonds is 4. The average molecular weight is 385 g/mol. The summed E-state index contributed by atoms with van der Waals surface area (Å²) in [7, 11) is -3.45. The fourth-order valence-corrected chi connectivity index (χ4v) is 6.95. The molecule has 1 saturated heterocycles. The molecule has 0 amide bonds. The van der Waals surface area contributed by atoms with E-state index in [0.29, 0.717) is 17.3 Å². The maximum absolute atomic E-state index is 12.9. The summed E-state index contributed by atoms with van der Waals surface area (Å²) in [5.74, 6) is 0.251. The van der Waals surface area contributed by atoms with Crippen LogP contribution in [0.1, 0.15) is 30.7 Å². The Morgan fingerprint density at radius 1 is 1.29 bits per heavy atom. The van der Waals surface area contributed by atoms with Crippen molar-refractivity contribution in [2.24, 2.45) is 5.92 Å². The quantitative estimate of drug-likeness (QED) is 0.879. The Morgan fingerprint density at radius 2 is 2.00 bits per heavy atom. The number of aryl methyl sites for hydroxylation is 1. The van der Waals surface area contributed by atoms with Gasteiger partial charge in [0.1, 0.15) is 4.21 Å². The van der Waals surface area contributed by atoms with Gasteiger partial charge < -0.3 is 5.11 Å².